The minimum atomic E-state index is 0.628. The number of nitrogens with one attached hydrogen (secondary N) is 1. The van der Waals surface area contributed by atoms with E-state index in [1.807, 2.05) is 0 Å². The molecule has 2 aliphatic rings. The number of hydrogen-bond donors (Lipinski definition) is 1. The molecule has 1 aliphatic heterocycles. The Balaban J connectivity index is 1.51. The molecule has 2 nitrogen and oxygen atoms in total. The smallest absolute Gasteiger partial charge is 0.0235 e. The third kappa shape index (κ3) is 3.62. The predicted molar refractivity (Wildman–Crippen MR) is 84.9 cm³/mol. The fourth-order valence-corrected chi connectivity index (χ4v) is 3.92. The van der Waals surface area contributed by atoms with Gasteiger partial charge in [0.05, 0.1) is 0 Å². The number of benzene rings is 1. The maximum atomic E-state index is 3.69. The van der Waals surface area contributed by atoms with E-state index in [1.54, 1.807) is 0 Å². The van der Waals surface area contributed by atoms with Crippen LogP contribution in [0.5, 0.6) is 0 Å². The zero-order valence-electron chi connectivity index (χ0n) is 12.7. The first kappa shape index (κ1) is 14.1. The van der Waals surface area contributed by atoms with Gasteiger partial charge in [0.2, 0.25) is 0 Å². The van der Waals surface area contributed by atoms with Crippen LogP contribution in [0.3, 0.4) is 0 Å². The quantitative estimate of drug-likeness (QED) is 0.906. The molecule has 3 unspecified atom stereocenters. The van der Waals surface area contributed by atoms with Crippen LogP contribution in [-0.2, 0) is 6.42 Å². The Kier molecular flexibility index (Phi) is 4.74. The van der Waals surface area contributed by atoms with E-state index in [4.69, 9.17) is 0 Å². The first-order valence-corrected chi connectivity index (χ1v) is 8.31. The van der Waals surface area contributed by atoms with Gasteiger partial charge in [0, 0.05) is 32.2 Å². The summed E-state index contributed by atoms with van der Waals surface area (Å²) in [7, 11) is 0. The van der Waals surface area contributed by atoms with Gasteiger partial charge in [0.25, 0.3) is 0 Å². The van der Waals surface area contributed by atoms with Crippen molar-refractivity contribution < 1.29 is 0 Å². The highest BCUT2D eigenvalue weighted by Crippen LogP contribution is 2.31. The molecule has 1 saturated carbocycles. The molecular formula is C18H28N2. The zero-order valence-corrected chi connectivity index (χ0v) is 12.7. The summed E-state index contributed by atoms with van der Waals surface area (Å²) in [5.41, 5.74) is 1.46. The van der Waals surface area contributed by atoms with Crippen molar-refractivity contribution in [1.29, 1.82) is 0 Å². The van der Waals surface area contributed by atoms with Gasteiger partial charge in [-0.3, -0.25) is 0 Å². The highest BCUT2D eigenvalue weighted by Gasteiger charge is 2.27. The Bertz CT molecular complexity index is 403. The van der Waals surface area contributed by atoms with E-state index in [1.165, 1.54) is 44.5 Å². The second-order valence-electron chi connectivity index (χ2n) is 6.77. The summed E-state index contributed by atoms with van der Waals surface area (Å²) in [5, 5.41) is 3.69. The highest BCUT2D eigenvalue weighted by atomic mass is 15.2. The molecule has 20 heavy (non-hydrogen) atoms. The highest BCUT2D eigenvalue weighted by molar-refractivity contribution is 5.16. The van der Waals surface area contributed by atoms with Gasteiger partial charge in [-0.1, -0.05) is 50.1 Å². The first-order valence-electron chi connectivity index (χ1n) is 8.31. The molecule has 1 aromatic rings. The number of rotatable bonds is 4. The molecule has 0 radical (unpaired) electrons. The Labute approximate surface area is 123 Å². The summed E-state index contributed by atoms with van der Waals surface area (Å²) < 4.78 is 0. The molecule has 1 heterocycles. The largest absolute Gasteiger partial charge is 0.311 e. The van der Waals surface area contributed by atoms with E-state index in [9.17, 15) is 0 Å². The van der Waals surface area contributed by atoms with Crippen LogP contribution in [0.25, 0.3) is 0 Å². The maximum absolute atomic E-state index is 3.69. The van der Waals surface area contributed by atoms with Crippen molar-refractivity contribution in [3.05, 3.63) is 35.9 Å². The van der Waals surface area contributed by atoms with E-state index in [-0.39, 0.29) is 0 Å². The Morgan fingerprint density at radius 1 is 1.20 bits per heavy atom. The van der Waals surface area contributed by atoms with E-state index < -0.39 is 0 Å². The van der Waals surface area contributed by atoms with Crippen LogP contribution in [0.15, 0.2) is 30.3 Å². The van der Waals surface area contributed by atoms with Crippen LogP contribution >= 0.6 is 0 Å². The standard InChI is InChI=1S/C18H28N2/c1-15-6-5-9-17(15)13-20-11-10-19-18(14-20)12-16-7-3-2-4-8-16/h2-4,7-8,15,17-19H,5-6,9-14H2,1H3. The summed E-state index contributed by atoms with van der Waals surface area (Å²) >= 11 is 0. The Morgan fingerprint density at radius 2 is 2.05 bits per heavy atom. The lowest BCUT2D eigenvalue weighted by atomic mass is 9.96. The molecule has 0 amide bonds. The summed E-state index contributed by atoms with van der Waals surface area (Å²) in [4.78, 5) is 2.70. The van der Waals surface area contributed by atoms with E-state index in [0.29, 0.717) is 6.04 Å². The average Bonchev–Trinajstić information content (AvgIpc) is 2.86. The van der Waals surface area contributed by atoms with Crippen molar-refractivity contribution in [3.63, 3.8) is 0 Å². The fourth-order valence-electron chi connectivity index (χ4n) is 3.92. The van der Waals surface area contributed by atoms with Crippen molar-refractivity contribution in [2.45, 2.75) is 38.6 Å². The van der Waals surface area contributed by atoms with Crippen molar-refractivity contribution in [2.75, 3.05) is 26.2 Å². The maximum Gasteiger partial charge on any atom is 0.0235 e. The normalized spacial score (nSPS) is 31.6. The topological polar surface area (TPSA) is 15.3 Å². The second kappa shape index (κ2) is 6.73. The fraction of sp³-hybridized carbons (Fsp3) is 0.667. The van der Waals surface area contributed by atoms with Crippen LogP contribution in [0.2, 0.25) is 0 Å². The molecule has 1 N–H and O–H groups in total. The van der Waals surface area contributed by atoms with Crippen molar-refractivity contribution in [1.82, 2.24) is 10.2 Å². The molecule has 2 fully saturated rings. The molecule has 0 aromatic heterocycles. The lowest BCUT2D eigenvalue weighted by Gasteiger charge is -2.36. The molecule has 1 aromatic carbocycles. The van der Waals surface area contributed by atoms with Crippen LogP contribution < -0.4 is 5.32 Å². The number of nitrogens with zero attached hydrogens (tertiary/aromatic N) is 1. The average molecular weight is 272 g/mol. The molecule has 110 valence electrons. The van der Waals surface area contributed by atoms with E-state index >= 15 is 0 Å². The minimum absolute atomic E-state index is 0.628. The summed E-state index contributed by atoms with van der Waals surface area (Å²) in [6, 6.07) is 11.5. The lowest BCUT2D eigenvalue weighted by molar-refractivity contribution is 0.160. The predicted octanol–water partition coefficient (Wildman–Crippen LogP) is 2.94. The van der Waals surface area contributed by atoms with Gasteiger partial charge in [-0.25, -0.2) is 0 Å². The SMILES string of the molecule is CC1CCCC1CN1CCNC(Cc2ccccc2)C1. The summed E-state index contributed by atoms with van der Waals surface area (Å²) in [6.45, 7) is 7.38. The summed E-state index contributed by atoms with van der Waals surface area (Å²) in [6.07, 6.45) is 5.52. The minimum Gasteiger partial charge on any atom is -0.311 e. The van der Waals surface area contributed by atoms with Crippen molar-refractivity contribution in [2.24, 2.45) is 11.8 Å². The van der Waals surface area contributed by atoms with Crippen molar-refractivity contribution >= 4 is 0 Å². The van der Waals surface area contributed by atoms with Gasteiger partial charge < -0.3 is 10.2 Å². The lowest BCUT2D eigenvalue weighted by Crippen LogP contribution is -2.52. The van der Waals surface area contributed by atoms with Gasteiger partial charge in [-0.15, -0.1) is 0 Å². The van der Waals surface area contributed by atoms with Crippen LogP contribution in [0, 0.1) is 11.8 Å². The molecule has 1 aliphatic carbocycles. The van der Waals surface area contributed by atoms with Crippen LogP contribution in [0.1, 0.15) is 31.7 Å². The van der Waals surface area contributed by atoms with Gasteiger partial charge in [-0.05, 0) is 30.2 Å². The molecule has 3 rings (SSSR count). The second-order valence-corrected chi connectivity index (χ2v) is 6.77. The molecule has 0 bridgehead atoms. The molecule has 2 heteroatoms. The molecule has 0 spiro atoms. The van der Waals surface area contributed by atoms with Crippen LogP contribution in [0.4, 0.5) is 0 Å². The Morgan fingerprint density at radius 3 is 2.80 bits per heavy atom. The third-order valence-electron chi connectivity index (χ3n) is 5.20. The van der Waals surface area contributed by atoms with Gasteiger partial charge in [-0.2, -0.15) is 0 Å². The van der Waals surface area contributed by atoms with Crippen molar-refractivity contribution in [3.8, 4) is 0 Å². The Hall–Kier alpha value is -0.860. The monoisotopic (exact) mass is 272 g/mol. The van der Waals surface area contributed by atoms with E-state index in [0.717, 1.165) is 24.8 Å². The van der Waals surface area contributed by atoms with Gasteiger partial charge in [0.1, 0.15) is 0 Å². The summed E-state index contributed by atoms with van der Waals surface area (Å²) in [5.74, 6) is 1.89. The van der Waals surface area contributed by atoms with Gasteiger partial charge >= 0.3 is 0 Å². The molecule has 1 saturated heterocycles. The number of hydrogen-bond acceptors (Lipinski definition) is 2. The van der Waals surface area contributed by atoms with E-state index in [2.05, 4.69) is 47.5 Å². The van der Waals surface area contributed by atoms with Crippen LogP contribution in [-0.4, -0.2) is 37.1 Å². The molecular weight excluding hydrogens is 244 g/mol. The van der Waals surface area contributed by atoms with Gasteiger partial charge in [0.15, 0.2) is 0 Å². The third-order valence-corrected chi connectivity index (χ3v) is 5.20. The first-order chi connectivity index (χ1) is 9.81. The number of piperazine rings is 1. The zero-order chi connectivity index (χ0) is 13.8. The molecule has 3 atom stereocenters.